The van der Waals surface area contributed by atoms with E-state index in [0.29, 0.717) is 32.4 Å². The quantitative estimate of drug-likeness (QED) is 0.479. The van der Waals surface area contributed by atoms with Gasteiger partial charge in [0.15, 0.2) is 0 Å². The van der Waals surface area contributed by atoms with Gasteiger partial charge >= 0.3 is 6.03 Å². The molecule has 8 nitrogen and oxygen atoms in total. The Labute approximate surface area is 188 Å². The predicted octanol–water partition coefficient (Wildman–Crippen LogP) is 2.36. The van der Waals surface area contributed by atoms with Gasteiger partial charge in [0.05, 0.1) is 5.92 Å². The van der Waals surface area contributed by atoms with Crippen molar-refractivity contribution in [1.29, 1.82) is 0 Å². The summed E-state index contributed by atoms with van der Waals surface area (Å²) in [4.78, 5) is 52.9. The van der Waals surface area contributed by atoms with Crippen LogP contribution < -0.4 is 15.5 Å². The number of hydrogen-bond acceptors (Lipinski definition) is 4. The molecule has 8 heteroatoms. The highest BCUT2D eigenvalue weighted by Crippen LogP contribution is 2.35. The third-order valence-corrected chi connectivity index (χ3v) is 6.84. The molecule has 1 saturated carbocycles. The molecule has 172 valence electrons. The average Bonchev–Trinajstić information content (AvgIpc) is 3.46. The highest BCUT2D eigenvalue weighted by Gasteiger charge is 2.52. The van der Waals surface area contributed by atoms with Crippen LogP contribution in [0.5, 0.6) is 0 Å². The monoisotopic (exact) mass is 440 g/mol. The first-order valence-electron chi connectivity index (χ1n) is 11.7. The molecule has 2 saturated heterocycles. The number of hydrogen-bond donors (Lipinski definition) is 2. The first-order chi connectivity index (χ1) is 15.4. The molecule has 0 unspecified atom stereocenters. The van der Waals surface area contributed by atoms with E-state index in [-0.39, 0.29) is 36.7 Å². The minimum absolute atomic E-state index is 0.0467. The zero-order valence-electron chi connectivity index (χ0n) is 18.7. The van der Waals surface area contributed by atoms with Crippen molar-refractivity contribution in [2.45, 2.75) is 63.8 Å². The number of urea groups is 1. The summed E-state index contributed by atoms with van der Waals surface area (Å²) in [6, 6.07) is 7.62. The van der Waals surface area contributed by atoms with Gasteiger partial charge in [-0.3, -0.25) is 19.3 Å². The van der Waals surface area contributed by atoms with Crippen LogP contribution >= 0.6 is 0 Å². The van der Waals surface area contributed by atoms with Crippen molar-refractivity contribution in [3.05, 3.63) is 29.8 Å². The summed E-state index contributed by atoms with van der Waals surface area (Å²) in [5, 5.41) is 5.74. The van der Waals surface area contributed by atoms with Crippen LogP contribution in [0.25, 0.3) is 0 Å². The van der Waals surface area contributed by atoms with Gasteiger partial charge in [0.2, 0.25) is 11.8 Å². The number of amides is 5. The number of carbonyl (C=O) groups excluding carboxylic acids is 4. The van der Waals surface area contributed by atoms with Crippen molar-refractivity contribution < 1.29 is 19.2 Å². The number of carbonyl (C=O) groups is 4. The molecule has 5 amide bonds. The van der Waals surface area contributed by atoms with Crippen molar-refractivity contribution in [1.82, 2.24) is 15.5 Å². The second-order valence-corrected chi connectivity index (χ2v) is 9.14. The van der Waals surface area contributed by atoms with E-state index < -0.39 is 11.5 Å². The molecule has 1 aromatic rings. The maximum Gasteiger partial charge on any atom is 0.325 e. The Balaban J connectivity index is 1.23. The molecule has 0 bridgehead atoms. The van der Waals surface area contributed by atoms with Crippen molar-refractivity contribution in [2.24, 2.45) is 5.92 Å². The molecule has 3 aliphatic rings. The number of imide groups is 1. The summed E-state index contributed by atoms with van der Waals surface area (Å²) >= 11 is 0. The lowest BCUT2D eigenvalue weighted by Gasteiger charge is -2.20. The summed E-state index contributed by atoms with van der Waals surface area (Å²) in [5.74, 6) is -0.730. The van der Waals surface area contributed by atoms with Gasteiger partial charge in [0.1, 0.15) is 5.54 Å². The lowest BCUT2D eigenvalue weighted by molar-refractivity contribution is -0.131. The molecule has 2 N–H and O–H groups in total. The van der Waals surface area contributed by atoms with Crippen molar-refractivity contribution in [3.8, 4) is 0 Å². The average molecular weight is 441 g/mol. The molecule has 2 aliphatic heterocycles. The highest BCUT2D eigenvalue weighted by atomic mass is 16.2. The van der Waals surface area contributed by atoms with Gasteiger partial charge in [0.25, 0.3) is 5.91 Å². The van der Waals surface area contributed by atoms with E-state index in [9.17, 15) is 19.2 Å². The lowest BCUT2D eigenvalue weighted by atomic mass is 9.98. The van der Waals surface area contributed by atoms with E-state index in [0.717, 1.165) is 31.4 Å². The topological polar surface area (TPSA) is 98.8 Å². The van der Waals surface area contributed by atoms with E-state index in [1.54, 1.807) is 4.90 Å². The minimum Gasteiger partial charge on any atom is -0.356 e. The zero-order chi connectivity index (χ0) is 22.7. The molecule has 0 radical (unpaired) electrons. The number of benzene rings is 1. The predicted molar refractivity (Wildman–Crippen MR) is 120 cm³/mol. The fraction of sp³-hybridized carbons (Fsp3) is 0.583. The third-order valence-electron chi connectivity index (χ3n) is 6.84. The molecule has 4 rings (SSSR count). The van der Waals surface area contributed by atoms with Crippen molar-refractivity contribution >= 4 is 29.4 Å². The standard InChI is InChI=1S/C24H32N4O4/c1-2-6-17-7-9-19(10-8-17)28-16-18(15-20(28)29)21(30)25-13-5-14-27-22(31)24(26-23(27)32)11-3-4-12-24/h7-10,18H,2-6,11-16H2,1H3,(H,25,30)(H,26,32)/t18-/m1/s1. The van der Waals surface area contributed by atoms with E-state index in [1.807, 2.05) is 24.3 Å². The van der Waals surface area contributed by atoms with Gasteiger partial charge in [-0.1, -0.05) is 38.3 Å². The molecule has 2 heterocycles. The Hall–Kier alpha value is -2.90. The number of nitrogens with zero attached hydrogens (tertiary/aromatic N) is 2. The summed E-state index contributed by atoms with van der Waals surface area (Å²) in [5.41, 5.74) is 1.37. The maximum absolute atomic E-state index is 12.7. The Kier molecular flexibility index (Phi) is 6.48. The highest BCUT2D eigenvalue weighted by molar-refractivity contribution is 6.07. The van der Waals surface area contributed by atoms with Crippen LogP contribution in [-0.2, 0) is 20.8 Å². The smallest absolute Gasteiger partial charge is 0.325 e. The van der Waals surface area contributed by atoms with Crippen molar-refractivity contribution in [2.75, 3.05) is 24.5 Å². The fourth-order valence-corrected chi connectivity index (χ4v) is 5.05. The summed E-state index contributed by atoms with van der Waals surface area (Å²) < 4.78 is 0. The Morgan fingerprint density at radius 2 is 1.88 bits per heavy atom. The lowest BCUT2D eigenvalue weighted by Crippen LogP contribution is -2.44. The van der Waals surface area contributed by atoms with Crippen molar-refractivity contribution in [3.63, 3.8) is 0 Å². The van der Waals surface area contributed by atoms with E-state index in [4.69, 9.17) is 0 Å². The van der Waals surface area contributed by atoms with Crippen LogP contribution in [0.2, 0.25) is 0 Å². The Morgan fingerprint density at radius 1 is 1.16 bits per heavy atom. The van der Waals surface area contributed by atoms with Crippen LogP contribution in [0.3, 0.4) is 0 Å². The van der Waals surface area contributed by atoms with Gasteiger partial charge in [-0.2, -0.15) is 0 Å². The van der Waals surface area contributed by atoms with E-state index in [1.165, 1.54) is 10.5 Å². The molecular formula is C24H32N4O4. The Morgan fingerprint density at radius 3 is 2.56 bits per heavy atom. The molecule has 1 atom stereocenters. The van der Waals surface area contributed by atoms with E-state index in [2.05, 4.69) is 17.6 Å². The van der Waals surface area contributed by atoms with Gasteiger partial charge < -0.3 is 15.5 Å². The maximum atomic E-state index is 12.7. The second kappa shape index (κ2) is 9.30. The SMILES string of the molecule is CCCc1ccc(N2C[C@H](C(=O)NCCCN3C(=O)NC4(CCCC4)C3=O)CC2=O)cc1. The van der Waals surface area contributed by atoms with Crippen LogP contribution in [0, 0.1) is 5.92 Å². The molecule has 0 aromatic heterocycles. The number of nitrogens with one attached hydrogen (secondary N) is 2. The van der Waals surface area contributed by atoms with Gasteiger partial charge in [-0.15, -0.1) is 0 Å². The largest absolute Gasteiger partial charge is 0.356 e. The van der Waals surface area contributed by atoms with Crippen LogP contribution in [-0.4, -0.2) is 53.8 Å². The molecule has 3 fully saturated rings. The molecular weight excluding hydrogens is 408 g/mol. The molecule has 32 heavy (non-hydrogen) atoms. The van der Waals surface area contributed by atoms with Crippen LogP contribution in [0.4, 0.5) is 10.5 Å². The molecule has 1 aliphatic carbocycles. The van der Waals surface area contributed by atoms with Gasteiger partial charge in [-0.05, 0) is 43.4 Å². The van der Waals surface area contributed by atoms with Gasteiger partial charge in [0, 0.05) is 31.7 Å². The molecule has 1 spiro atoms. The minimum atomic E-state index is -0.692. The number of aryl methyl sites for hydroxylation is 1. The Bertz CT molecular complexity index is 892. The summed E-state index contributed by atoms with van der Waals surface area (Å²) in [6.45, 7) is 3.14. The fourth-order valence-electron chi connectivity index (χ4n) is 5.05. The number of anilines is 1. The summed E-state index contributed by atoms with van der Waals surface area (Å²) in [7, 11) is 0. The molecule has 1 aromatic carbocycles. The summed E-state index contributed by atoms with van der Waals surface area (Å²) in [6.07, 6.45) is 6.08. The third kappa shape index (κ3) is 4.36. The number of rotatable bonds is 8. The first kappa shape index (κ1) is 22.3. The van der Waals surface area contributed by atoms with Crippen LogP contribution in [0.15, 0.2) is 24.3 Å². The zero-order valence-corrected chi connectivity index (χ0v) is 18.7. The normalized spacial score (nSPS) is 22.2. The second-order valence-electron chi connectivity index (χ2n) is 9.14. The first-order valence-corrected chi connectivity index (χ1v) is 11.7. The van der Waals surface area contributed by atoms with Crippen LogP contribution in [0.1, 0.15) is 57.4 Å². The van der Waals surface area contributed by atoms with E-state index >= 15 is 0 Å². The van der Waals surface area contributed by atoms with Gasteiger partial charge in [-0.25, -0.2) is 4.79 Å².